The molecule has 1 aliphatic heterocycles. The van der Waals surface area contributed by atoms with Gasteiger partial charge in [-0.15, -0.1) is 0 Å². The topological polar surface area (TPSA) is 90.6 Å². The van der Waals surface area contributed by atoms with Gasteiger partial charge in [0.1, 0.15) is 11.5 Å². The average molecular weight is 453 g/mol. The number of aliphatic hydroxyl groups excluding tert-OH is 1. The first-order valence-corrected chi connectivity index (χ1v) is 10.9. The van der Waals surface area contributed by atoms with Gasteiger partial charge < -0.3 is 9.84 Å². The molecule has 1 N–H and O–H groups in total. The van der Waals surface area contributed by atoms with Crippen molar-refractivity contribution in [1.82, 2.24) is 0 Å². The Hall–Kier alpha value is -4.37. The summed E-state index contributed by atoms with van der Waals surface area (Å²) in [5, 5.41) is 20.4. The Bertz CT molecular complexity index is 1330. The van der Waals surface area contributed by atoms with Gasteiger partial charge in [-0.2, -0.15) is 5.26 Å². The van der Waals surface area contributed by atoms with Gasteiger partial charge in [-0.25, -0.2) is 0 Å². The minimum absolute atomic E-state index is 0.00153. The highest BCUT2D eigenvalue weighted by Crippen LogP contribution is 2.42. The molecule has 6 heteroatoms. The lowest BCUT2D eigenvalue weighted by Gasteiger charge is -2.25. The number of hydrogen-bond acceptors (Lipinski definition) is 5. The van der Waals surface area contributed by atoms with E-state index in [2.05, 4.69) is 6.07 Å². The van der Waals surface area contributed by atoms with E-state index in [4.69, 9.17) is 10.00 Å². The van der Waals surface area contributed by atoms with Gasteiger partial charge in [0.25, 0.3) is 11.7 Å². The number of carbonyl (C=O) groups is 2. The van der Waals surface area contributed by atoms with Crippen LogP contribution in [0.1, 0.15) is 42.1 Å². The number of ketones is 1. The van der Waals surface area contributed by atoms with E-state index in [1.165, 1.54) is 4.90 Å². The van der Waals surface area contributed by atoms with Crippen LogP contribution in [0.5, 0.6) is 5.75 Å². The van der Waals surface area contributed by atoms with E-state index < -0.39 is 17.7 Å². The van der Waals surface area contributed by atoms with Crippen molar-refractivity contribution < 1.29 is 19.4 Å². The zero-order valence-electron chi connectivity index (χ0n) is 19.1. The van der Waals surface area contributed by atoms with Gasteiger partial charge in [-0.1, -0.05) is 42.0 Å². The lowest BCUT2D eigenvalue weighted by atomic mass is 9.94. The summed E-state index contributed by atoms with van der Waals surface area (Å²) in [4.78, 5) is 27.9. The van der Waals surface area contributed by atoms with E-state index in [9.17, 15) is 14.7 Å². The van der Waals surface area contributed by atoms with Crippen LogP contribution in [0, 0.1) is 18.3 Å². The molecule has 3 aromatic rings. The Balaban J connectivity index is 1.90. The number of nitriles is 1. The number of aliphatic hydroxyl groups is 1. The van der Waals surface area contributed by atoms with Gasteiger partial charge in [0.05, 0.1) is 29.4 Å². The van der Waals surface area contributed by atoms with Crippen molar-refractivity contribution in [3.8, 4) is 11.8 Å². The first-order chi connectivity index (χ1) is 16.3. The second kappa shape index (κ2) is 9.24. The molecule has 1 amide bonds. The molecule has 1 fully saturated rings. The van der Waals surface area contributed by atoms with Crippen LogP contribution in [0.2, 0.25) is 0 Å². The van der Waals surface area contributed by atoms with Crippen molar-refractivity contribution in [1.29, 1.82) is 5.26 Å². The van der Waals surface area contributed by atoms with Crippen LogP contribution >= 0.6 is 0 Å². The van der Waals surface area contributed by atoms with Crippen molar-refractivity contribution >= 4 is 23.1 Å². The van der Waals surface area contributed by atoms with E-state index in [0.29, 0.717) is 28.1 Å². The second-order valence-corrected chi connectivity index (χ2v) is 8.44. The molecule has 1 saturated heterocycles. The van der Waals surface area contributed by atoms with Crippen LogP contribution < -0.4 is 9.64 Å². The summed E-state index contributed by atoms with van der Waals surface area (Å²) in [5.74, 6) is -1.24. The fraction of sp³-hybridized carbons (Fsp3) is 0.179. The van der Waals surface area contributed by atoms with Gasteiger partial charge in [0, 0.05) is 11.3 Å². The monoisotopic (exact) mass is 452 g/mol. The molecule has 4 rings (SSSR count). The number of nitrogens with zero attached hydrogens (tertiary/aromatic N) is 2. The number of rotatable bonds is 5. The molecule has 1 unspecified atom stereocenters. The molecule has 0 bridgehead atoms. The number of aryl methyl sites for hydroxylation is 1. The predicted octanol–water partition coefficient (Wildman–Crippen LogP) is 5.28. The minimum Gasteiger partial charge on any atom is -0.507 e. The van der Waals surface area contributed by atoms with Crippen LogP contribution in [0.25, 0.3) is 5.76 Å². The standard InChI is InChI=1S/C28H24N2O4/c1-17(2)34-23-9-5-8-21(15-23)26(31)24-25(20-7-4-6-18(3)14-20)30(28(33)27(24)32)22-12-10-19(16-29)11-13-22/h4-15,17,25,31H,1-3H3/b26-24-. The zero-order valence-corrected chi connectivity index (χ0v) is 19.1. The minimum atomic E-state index is -0.831. The largest absolute Gasteiger partial charge is 0.507 e. The van der Waals surface area contributed by atoms with E-state index in [-0.39, 0.29) is 17.4 Å². The third-order valence-electron chi connectivity index (χ3n) is 5.56. The van der Waals surface area contributed by atoms with E-state index in [1.807, 2.05) is 45.0 Å². The first-order valence-electron chi connectivity index (χ1n) is 10.9. The molecule has 3 aromatic carbocycles. The number of anilines is 1. The number of Topliss-reactive ketones (excluding diaryl/α,β-unsaturated/α-hetero) is 1. The van der Waals surface area contributed by atoms with Gasteiger partial charge >= 0.3 is 0 Å². The summed E-state index contributed by atoms with van der Waals surface area (Å²) < 4.78 is 5.73. The highest BCUT2D eigenvalue weighted by atomic mass is 16.5. The molecule has 0 aromatic heterocycles. The highest BCUT2D eigenvalue weighted by molar-refractivity contribution is 6.51. The molecule has 0 spiro atoms. The summed E-state index contributed by atoms with van der Waals surface area (Å²) in [6.07, 6.45) is -0.0633. The number of benzene rings is 3. The molecular weight excluding hydrogens is 428 g/mol. The van der Waals surface area contributed by atoms with Crippen LogP contribution in [0.4, 0.5) is 5.69 Å². The average Bonchev–Trinajstić information content (AvgIpc) is 3.09. The third-order valence-corrected chi connectivity index (χ3v) is 5.56. The fourth-order valence-corrected chi connectivity index (χ4v) is 4.10. The Labute approximate surface area is 198 Å². The smallest absolute Gasteiger partial charge is 0.300 e. The van der Waals surface area contributed by atoms with Gasteiger partial charge in [0.2, 0.25) is 0 Å². The van der Waals surface area contributed by atoms with Crippen molar-refractivity contribution in [2.75, 3.05) is 4.90 Å². The number of carbonyl (C=O) groups excluding carboxylic acids is 2. The van der Waals surface area contributed by atoms with Gasteiger partial charge in [0.15, 0.2) is 0 Å². The zero-order chi connectivity index (χ0) is 24.4. The molecule has 6 nitrogen and oxygen atoms in total. The Morgan fingerprint density at radius 3 is 2.38 bits per heavy atom. The molecule has 34 heavy (non-hydrogen) atoms. The molecule has 1 atom stereocenters. The van der Waals surface area contributed by atoms with Gasteiger partial charge in [-0.05, 0) is 62.7 Å². The molecule has 0 radical (unpaired) electrons. The summed E-state index contributed by atoms with van der Waals surface area (Å²) in [6, 6.07) is 22.0. The molecule has 1 aliphatic rings. The first kappa shape index (κ1) is 22.8. The van der Waals surface area contributed by atoms with Crippen molar-refractivity contribution in [2.45, 2.75) is 32.9 Å². The predicted molar refractivity (Wildman–Crippen MR) is 129 cm³/mol. The molecule has 0 saturated carbocycles. The van der Waals surface area contributed by atoms with Crippen molar-refractivity contribution in [3.63, 3.8) is 0 Å². The lowest BCUT2D eigenvalue weighted by Crippen LogP contribution is -2.29. The van der Waals surface area contributed by atoms with Crippen LogP contribution in [-0.2, 0) is 9.59 Å². The molecule has 0 aliphatic carbocycles. The van der Waals surface area contributed by atoms with E-state index >= 15 is 0 Å². The van der Waals surface area contributed by atoms with E-state index in [0.717, 1.165) is 5.56 Å². The summed E-state index contributed by atoms with van der Waals surface area (Å²) in [5.41, 5.74) is 2.93. The van der Waals surface area contributed by atoms with Crippen LogP contribution in [0.15, 0.2) is 78.4 Å². The van der Waals surface area contributed by atoms with Crippen molar-refractivity contribution in [2.24, 2.45) is 0 Å². The Kier molecular flexibility index (Phi) is 6.20. The fourth-order valence-electron chi connectivity index (χ4n) is 4.10. The summed E-state index contributed by atoms with van der Waals surface area (Å²) >= 11 is 0. The maximum absolute atomic E-state index is 13.3. The van der Waals surface area contributed by atoms with E-state index in [1.54, 1.807) is 48.5 Å². The quantitative estimate of drug-likeness (QED) is 0.323. The number of ether oxygens (including phenoxy) is 1. The SMILES string of the molecule is Cc1cccc(C2/C(=C(/O)c3cccc(OC(C)C)c3)C(=O)C(=O)N2c2ccc(C#N)cc2)c1. The van der Waals surface area contributed by atoms with Crippen molar-refractivity contribution in [3.05, 3.63) is 101 Å². The summed E-state index contributed by atoms with van der Waals surface area (Å²) in [7, 11) is 0. The highest BCUT2D eigenvalue weighted by Gasteiger charge is 2.47. The van der Waals surface area contributed by atoms with Crippen LogP contribution in [-0.4, -0.2) is 22.9 Å². The maximum Gasteiger partial charge on any atom is 0.300 e. The molecule has 1 heterocycles. The Morgan fingerprint density at radius 1 is 1.03 bits per heavy atom. The van der Waals surface area contributed by atoms with Crippen LogP contribution in [0.3, 0.4) is 0 Å². The maximum atomic E-state index is 13.3. The molecular formula is C28H24N2O4. The Morgan fingerprint density at radius 2 is 1.74 bits per heavy atom. The van der Waals surface area contributed by atoms with Gasteiger partial charge in [-0.3, -0.25) is 14.5 Å². The molecule has 170 valence electrons. The number of hydrogen-bond donors (Lipinski definition) is 1. The lowest BCUT2D eigenvalue weighted by molar-refractivity contribution is -0.132. The number of amides is 1. The normalized spacial score (nSPS) is 17.1. The third kappa shape index (κ3) is 4.28. The second-order valence-electron chi connectivity index (χ2n) is 8.44. The summed E-state index contributed by atoms with van der Waals surface area (Å²) in [6.45, 7) is 5.71.